The number of anilines is 1. The van der Waals surface area contributed by atoms with Gasteiger partial charge in [-0.25, -0.2) is 0 Å². The third-order valence-electron chi connectivity index (χ3n) is 1.09. The standard InChI is InChI=1S/C7H8NO/c8-7-3-1-6(5-9)2-4-7/h1-5,9H,8H2. The number of rotatable bonds is 1. The van der Waals surface area contributed by atoms with E-state index >= 15 is 0 Å². The molecule has 0 saturated heterocycles. The first-order valence-corrected chi connectivity index (χ1v) is 2.66. The Morgan fingerprint density at radius 3 is 2.22 bits per heavy atom. The molecule has 1 aromatic carbocycles. The molecule has 2 nitrogen and oxygen atoms in total. The molecule has 0 spiro atoms. The molecule has 9 heavy (non-hydrogen) atoms. The van der Waals surface area contributed by atoms with Gasteiger partial charge in [-0.1, -0.05) is 12.1 Å². The van der Waals surface area contributed by atoms with Crippen molar-refractivity contribution in [3.8, 4) is 0 Å². The van der Waals surface area contributed by atoms with Crippen LogP contribution in [0.4, 0.5) is 5.69 Å². The van der Waals surface area contributed by atoms with E-state index in [0.29, 0.717) is 5.69 Å². The highest BCUT2D eigenvalue weighted by Crippen LogP contribution is 2.05. The summed E-state index contributed by atoms with van der Waals surface area (Å²) in [6.45, 7) is 1.04. The molecule has 0 aromatic heterocycles. The number of nitrogen functional groups attached to an aromatic ring is 1. The molecule has 0 aliphatic rings. The highest BCUT2D eigenvalue weighted by atomic mass is 16.3. The molecule has 0 aliphatic heterocycles. The average Bonchev–Trinajstić information content (AvgIpc) is 1.90. The summed E-state index contributed by atoms with van der Waals surface area (Å²) in [5, 5.41) is 8.46. The van der Waals surface area contributed by atoms with Crippen molar-refractivity contribution in [1.82, 2.24) is 0 Å². The molecule has 1 radical (unpaired) electrons. The van der Waals surface area contributed by atoms with Gasteiger partial charge in [-0.3, -0.25) is 0 Å². The number of benzene rings is 1. The quantitative estimate of drug-likeness (QED) is 0.549. The molecule has 0 saturated carbocycles. The Morgan fingerprint density at radius 1 is 1.22 bits per heavy atom. The third-order valence-corrected chi connectivity index (χ3v) is 1.09. The maximum absolute atomic E-state index is 8.46. The Kier molecular flexibility index (Phi) is 1.70. The first-order chi connectivity index (χ1) is 4.33. The van der Waals surface area contributed by atoms with Crippen LogP contribution in [0.3, 0.4) is 0 Å². The van der Waals surface area contributed by atoms with Gasteiger partial charge in [0.1, 0.15) is 6.61 Å². The van der Waals surface area contributed by atoms with E-state index in [0.717, 1.165) is 12.2 Å². The molecular weight excluding hydrogens is 114 g/mol. The van der Waals surface area contributed by atoms with E-state index < -0.39 is 0 Å². The molecular formula is C7H8NO. The Bertz CT molecular complexity index is 181. The van der Waals surface area contributed by atoms with E-state index in [1.54, 1.807) is 24.3 Å². The predicted molar refractivity (Wildman–Crippen MR) is 36.2 cm³/mol. The first-order valence-electron chi connectivity index (χ1n) is 2.66. The van der Waals surface area contributed by atoms with Gasteiger partial charge in [0.25, 0.3) is 0 Å². The average molecular weight is 122 g/mol. The van der Waals surface area contributed by atoms with Gasteiger partial charge in [-0.05, 0) is 17.7 Å². The Morgan fingerprint density at radius 2 is 1.78 bits per heavy atom. The lowest BCUT2D eigenvalue weighted by atomic mass is 10.2. The minimum absolute atomic E-state index is 0.709. The van der Waals surface area contributed by atoms with Gasteiger partial charge in [0.15, 0.2) is 0 Å². The zero-order chi connectivity index (χ0) is 6.69. The SMILES string of the molecule is Nc1ccc([CH]O)cc1. The molecule has 0 heterocycles. The van der Waals surface area contributed by atoms with Gasteiger partial charge >= 0.3 is 0 Å². The van der Waals surface area contributed by atoms with Crippen LogP contribution < -0.4 is 5.73 Å². The number of aliphatic hydroxyl groups excluding tert-OH is 1. The summed E-state index contributed by atoms with van der Waals surface area (Å²) < 4.78 is 0. The zero-order valence-electron chi connectivity index (χ0n) is 4.91. The minimum Gasteiger partial charge on any atom is -0.399 e. The number of hydrogen-bond acceptors (Lipinski definition) is 2. The van der Waals surface area contributed by atoms with Crippen LogP contribution in [0.15, 0.2) is 24.3 Å². The molecule has 1 rings (SSSR count). The van der Waals surface area contributed by atoms with Crippen molar-refractivity contribution in [1.29, 1.82) is 0 Å². The molecule has 0 bridgehead atoms. The van der Waals surface area contributed by atoms with Crippen LogP contribution in [0.1, 0.15) is 5.56 Å². The highest BCUT2D eigenvalue weighted by Gasteiger charge is 1.86. The molecule has 47 valence electrons. The largest absolute Gasteiger partial charge is 0.399 e. The molecule has 3 N–H and O–H groups in total. The highest BCUT2D eigenvalue weighted by molar-refractivity contribution is 5.40. The fourth-order valence-electron chi connectivity index (χ4n) is 0.582. The van der Waals surface area contributed by atoms with Gasteiger partial charge in [0.2, 0.25) is 0 Å². The van der Waals surface area contributed by atoms with E-state index in [1.807, 2.05) is 0 Å². The van der Waals surface area contributed by atoms with Gasteiger partial charge in [0, 0.05) is 5.69 Å². The first kappa shape index (κ1) is 6.11. The van der Waals surface area contributed by atoms with E-state index in [9.17, 15) is 0 Å². The molecule has 1 aromatic rings. The van der Waals surface area contributed by atoms with Crippen molar-refractivity contribution < 1.29 is 5.11 Å². The fraction of sp³-hybridized carbons (Fsp3) is 0. The molecule has 0 atom stereocenters. The fourth-order valence-corrected chi connectivity index (χ4v) is 0.582. The van der Waals surface area contributed by atoms with Crippen molar-refractivity contribution in [2.45, 2.75) is 0 Å². The monoisotopic (exact) mass is 122 g/mol. The number of aliphatic hydroxyl groups is 1. The molecule has 2 heteroatoms. The summed E-state index contributed by atoms with van der Waals surface area (Å²) in [5.41, 5.74) is 6.86. The summed E-state index contributed by atoms with van der Waals surface area (Å²) in [6, 6.07) is 6.97. The van der Waals surface area contributed by atoms with E-state index in [1.165, 1.54) is 0 Å². The molecule has 0 fully saturated rings. The van der Waals surface area contributed by atoms with Crippen LogP contribution in [-0.2, 0) is 0 Å². The van der Waals surface area contributed by atoms with Crippen LogP contribution in [0.25, 0.3) is 0 Å². The Labute approximate surface area is 53.9 Å². The van der Waals surface area contributed by atoms with Crippen molar-refractivity contribution in [2.75, 3.05) is 5.73 Å². The Hall–Kier alpha value is -1.02. The van der Waals surface area contributed by atoms with Crippen molar-refractivity contribution in [2.24, 2.45) is 0 Å². The van der Waals surface area contributed by atoms with E-state index in [2.05, 4.69) is 0 Å². The number of nitrogens with two attached hydrogens (primary N) is 1. The maximum Gasteiger partial charge on any atom is 0.109 e. The van der Waals surface area contributed by atoms with Crippen molar-refractivity contribution >= 4 is 5.69 Å². The van der Waals surface area contributed by atoms with Crippen molar-refractivity contribution in [3.05, 3.63) is 36.4 Å². The summed E-state index contributed by atoms with van der Waals surface area (Å²) in [5.74, 6) is 0. The summed E-state index contributed by atoms with van der Waals surface area (Å²) >= 11 is 0. The van der Waals surface area contributed by atoms with Crippen LogP contribution >= 0.6 is 0 Å². The van der Waals surface area contributed by atoms with Crippen LogP contribution in [-0.4, -0.2) is 5.11 Å². The zero-order valence-corrected chi connectivity index (χ0v) is 4.91. The Balaban J connectivity index is 2.88. The lowest BCUT2D eigenvalue weighted by Gasteiger charge is -1.93. The predicted octanol–water partition coefficient (Wildman–Crippen LogP) is 1.15. The van der Waals surface area contributed by atoms with E-state index in [4.69, 9.17) is 10.8 Å². The lowest BCUT2D eigenvalue weighted by molar-refractivity contribution is 0.415. The van der Waals surface area contributed by atoms with Gasteiger partial charge in [0.05, 0.1) is 0 Å². The smallest absolute Gasteiger partial charge is 0.109 e. The van der Waals surface area contributed by atoms with Crippen LogP contribution in [0, 0.1) is 6.61 Å². The van der Waals surface area contributed by atoms with Gasteiger partial charge < -0.3 is 10.8 Å². The second-order valence-electron chi connectivity index (χ2n) is 1.80. The summed E-state index contributed by atoms with van der Waals surface area (Å²) in [7, 11) is 0. The van der Waals surface area contributed by atoms with Crippen LogP contribution in [0.5, 0.6) is 0 Å². The van der Waals surface area contributed by atoms with Gasteiger partial charge in [-0.2, -0.15) is 0 Å². The van der Waals surface area contributed by atoms with Crippen molar-refractivity contribution in [3.63, 3.8) is 0 Å². The third kappa shape index (κ3) is 1.44. The van der Waals surface area contributed by atoms with Crippen LogP contribution in [0.2, 0.25) is 0 Å². The topological polar surface area (TPSA) is 46.2 Å². The number of hydrogen-bond donors (Lipinski definition) is 2. The lowest BCUT2D eigenvalue weighted by Crippen LogP contribution is -1.84. The second kappa shape index (κ2) is 2.51. The molecule has 0 aliphatic carbocycles. The maximum atomic E-state index is 8.46. The second-order valence-corrected chi connectivity index (χ2v) is 1.80. The summed E-state index contributed by atoms with van der Waals surface area (Å²) in [6.07, 6.45) is 0. The molecule has 0 amide bonds. The molecule has 0 unspecified atom stereocenters. The van der Waals surface area contributed by atoms with E-state index in [-0.39, 0.29) is 0 Å². The summed E-state index contributed by atoms with van der Waals surface area (Å²) in [4.78, 5) is 0. The normalized spacial score (nSPS) is 9.44. The van der Waals surface area contributed by atoms with Gasteiger partial charge in [-0.15, -0.1) is 0 Å². The minimum atomic E-state index is 0.709.